The first kappa shape index (κ1) is 20.0. The number of hydrogen-bond acceptors (Lipinski definition) is 3. The van der Waals surface area contributed by atoms with Gasteiger partial charge in [-0.05, 0) is 82.1 Å². The molecular weight excluding hydrogens is 364 g/mol. The first-order chi connectivity index (χ1) is 14.0. The van der Waals surface area contributed by atoms with E-state index in [1.165, 1.54) is 25.7 Å². The van der Waals surface area contributed by atoms with Gasteiger partial charge < -0.3 is 20.4 Å². The molecule has 1 atom stereocenters. The van der Waals surface area contributed by atoms with E-state index in [4.69, 9.17) is 0 Å². The zero-order chi connectivity index (χ0) is 20.4. The number of nitrogens with zero attached hydrogens (tertiary/aromatic N) is 2. The smallest absolute Gasteiger partial charge is 0.315 e. The fraction of sp³-hybridized carbons (Fsp3) is 0.652. The summed E-state index contributed by atoms with van der Waals surface area (Å²) in [5.74, 6) is 1.57. The Morgan fingerprint density at radius 2 is 1.55 bits per heavy atom. The van der Waals surface area contributed by atoms with Gasteiger partial charge in [-0.2, -0.15) is 0 Å². The maximum Gasteiger partial charge on any atom is 0.315 e. The Morgan fingerprint density at radius 1 is 0.931 bits per heavy atom. The van der Waals surface area contributed by atoms with E-state index >= 15 is 0 Å². The van der Waals surface area contributed by atoms with E-state index in [1.807, 2.05) is 26.0 Å². The predicted molar refractivity (Wildman–Crippen MR) is 115 cm³/mol. The third kappa shape index (κ3) is 4.85. The van der Waals surface area contributed by atoms with Crippen molar-refractivity contribution in [1.29, 1.82) is 0 Å². The topological polar surface area (TPSA) is 64.7 Å². The molecule has 2 N–H and O–H groups in total. The maximum atomic E-state index is 13.0. The van der Waals surface area contributed by atoms with E-state index in [2.05, 4.69) is 32.6 Å². The second-order valence-corrected chi connectivity index (χ2v) is 9.35. The predicted octanol–water partition coefficient (Wildman–Crippen LogP) is 3.24. The monoisotopic (exact) mass is 398 g/mol. The minimum absolute atomic E-state index is 0.0980. The van der Waals surface area contributed by atoms with E-state index in [0.29, 0.717) is 11.8 Å². The minimum atomic E-state index is -0.0980. The lowest BCUT2D eigenvalue weighted by molar-refractivity contribution is 0.0739. The third-order valence-corrected chi connectivity index (χ3v) is 6.63. The average molecular weight is 399 g/mol. The summed E-state index contributed by atoms with van der Waals surface area (Å²) in [5.41, 5.74) is 1.91. The van der Waals surface area contributed by atoms with Crippen LogP contribution in [0.2, 0.25) is 0 Å². The Bertz CT molecular complexity index is 711. The van der Waals surface area contributed by atoms with Gasteiger partial charge >= 0.3 is 6.03 Å². The number of hydrogen-bond donors (Lipinski definition) is 2. The summed E-state index contributed by atoms with van der Waals surface area (Å²) in [6, 6.07) is 8.23. The summed E-state index contributed by atoms with van der Waals surface area (Å²) >= 11 is 0. The molecule has 6 heteroatoms. The normalized spacial score (nSPS) is 26.5. The number of amides is 3. The van der Waals surface area contributed by atoms with Gasteiger partial charge in [0.25, 0.3) is 5.91 Å². The van der Waals surface area contributed by atoms with Crippen LogP contribution in [0, 0.1) is 11.8 Å². The molecule has 1 aromatic carbocycles. The summed E-state index contributed by atoms with van der Waals surface area (Å²) < 4.78 is 0. The van der Waals surface area contributed by atoms with Crippen molar-refractivity contribution in [3.63, 3.8) is 0 Å². The van der Waals surface area contributed by atoms with Crippen molar-refractivity contribution in [3.05, 3.63) is 29.8 Å². The molecule has 4 aliphatic rings. The number of benzene rings is 1. The maximum absolute atomic E-state index is 13.0. The summed E-state index contributed by atoms with van der Waals surface area (Å²) in [7, 11) is 0. The quantitative estimate of drug-likeness (QED) is 0.818. The molecule has 1 aromatic rings. The molecule has 3 aliphatic heterocycles. The molecule has 3 amide bonds. The molecule has 3 heterocycles. The lowest BCUT2D eigenvalue weighted by Gasteiger charge is -2.23. The second-order valence-electron chi connectivity index (χ2n) is 9.35. The van der Waals surface area contributed by atoms with Gasteiger partial charge in [-0.25, -0.2) is 4.79 Å². The second kappa shape index (κ2) is 8.64. The van der Waals surface area contributed by atoms with Crippen molar-refractivity contribution in [2.75, 3.05) is 31.1 Å². The average Bonchev–Trinajstić information content (AvgIpc) is 2.94. The highest BCUT2D eigenvalue weighted by atomic mass is 16.2. The summed E-state index contributed by atoms with van der Waals surface area (Å²) in [6.07, 6.45) is 6.07. The van der Waals surface area contributed by atoms with Crippen LogP contribution in [-0.4, -0.2) is 55.1 Å². The van der Waals surface area contributed by atoms with E-state index < -0.39 is 0 Å². The Balaban J connectivity index is 1.33. The van der Waals surface area contributed by atoms with Crippen molar-refractivity contribution in [1.82, 2.24) is 15.5 Å². The van der Waals surface area contributed by atoms with E-state index in [0.717, 1.165) is 43.9 Å². The fourth-order valence-electron chi connectivity index (χ4n) is 5.06. The number of urea groups is 1. The first-order valence-corrected chi connectivity index (χ1v) is 11.2. The van der Waals surface area contributed by atoms with Gasteiger partial charge in [0, 0.05) is 49.5 Å². The highest BCUT2D eigenvalue weighted by Crippen LogP contribution is 2.34. The Hall–Kier alpha value is -2.24. The molecule has 0 radical (unpaired) electrons. The lowest BCUT2D eigenvalue weighted by atomic mass is 9.84. The van der Waals surface area contributed by atoms with Gasteiger partial charge in [0.15, 0.2) is 0 Å². The van der Waals surface area contributed by atoms with E-state index in [-0.39, 0.29) is 24.0 Å². The molecule has 6 nitrogen and oxygen atoms in total. The van der Waals surface area contributed by atoms with Crippen LogP contribution in [-0.2, 0) is 0 Å². The largest absolute Gasteiger partial charge is 0.369 e. The van der Waals surface area contributed by atoms with Gasteiger partial charge in [0.05, 0.1) is 0 Å². The van der Waals surface area contributed by atoms with Gasteiger partial charge in [-0.3, -0.25) is 4.79 Å². The first-order valence-electron chi connectivity index (χ1n) is 11.2. The standard InChI is InChI=1S/C23H34N4O2/c1-16(2)24-23(29)25-20-11-12-26(15-20)21-9-7-19(8-10-21)22(28)27-13-17-3-4-18(14-27)6-5-17/h7-10,16-18,20H,3-6,11-15H2,1-2H3,(H2,24,25,29). The van der Waals surface area contributed by atoms with Crippen LogP contribution in [0.25, 0.3) is 0 Å². The van der Waals surface area contributed by atoms with Crippen LogP contribution in [0.1, 0.15) is 56.3 Å². The van der Waals surface area contributed by atoms with Crippen molar-refractivity contribution >= 4 is 17.6 Å². The molecule has 4 fully saturated rings. The summed E-state index contributed by atoms with van der Waals surface area (Å²) in [6.45, 7) is 7.48. The number of rotatable bonds is 4. The van der Waals surface area contributed by atoms with Crippen LogP contribution in [0.15, 0.2) is 24.3 Å². The molecule has 158 valence electrons. The zero-order valence-corrected chi connectivity index (χ0v) is 17.7. The van der Waals surface area contributed by atoms with Crippen molar-refractivity contribution < 1.29 is 9.59 Å². The van der Waals surface area contributed by atoms with Crippen molar-refractivity contribution in [2.45, 2.75) is 58.0 Å². The van der Waals surface area contributed by atoms with Crippen LogP contribution < -0.4 is 15.5 Å². The molecule has 5 rings (SSSR count). The van der Waals surface area contributed by atoms with E-state index in [9.17, 15) is 9.59 Å². The van der Waals surface area contributed by atoms with Crippen LogP contribution in [0.5, 0.6) is 0 Å². The molecule has 2 bridgehead atoms. The van der Waals surface area contributed by atoms with Gasteiger partial charge in [0.2, 0.25) is 0 Å². The van der Waals surface area contributed by atoms with Crippen LogP contribution in [0.3, 0.4) is 0 Å². The zero-order valence-electron chi connectivity index (χ0n) is 17.7. The van der Waals surface area contributed by atoms with Crippen molar-refractivity contribution in [2.24, 2.45) is 11.8 Å². The number of nitrogens with one attached hydrogen (secondary N) is 2. The molecule has 1 aliphatic carbocycles. The molecule has 0 spiro atoms. The number of fused-ring (bicyclic) bond motifs is 4. The lowest BCUT2D eigenvalue weighted by Crippen LogP contribution is -2.45. The summed E-state index contributed by atoms with van der Waals surface area (Å²) in [5, 5.41) is 5.93. The van der Waals surface area contributed by atoms with E-state index in [1.54, 1.807) is 0 Å². The molecular formula is C23H34N4O2. The highest BCUT2D eigenvalue weighted by Gasteiger charge is 2.32. The van der Waals surface area contributed by atoms with Crippen molar-refractivity contribution in [3.8, 4) is 0 Å². The summed E-state index contributed by atoms with van der Waals surface area (Å²) in [4.78, 5) is 29.3. The highest BCUT2D eigenvalue weighted by molar-refractivity contribution is 5.94. The number of carbonyl (C=O) groups is 2. The van der Waals surface area contributed by atoms with Crippen LogP contribution >= 0.6 is 0 Å². The molecule has 1 saturated carbocycles. The van der Waals surface area contributed by atoms with Gasteiger partial charge in [-0.15, -0.1) is 0 Å². The fourth-order valence-corrected chi connectivity index (χ4v) is 5.06. The Labute approximate surface area is 174 Å². The minimum Gasteiger partial charge on any atom is -0.369 e. The molecule has 3 saturated heterocycles. The Morgan fingerprint density at radius 3 is 2.14 bits per heavy atom. The van der Waals surface area contributed by atoms with Crippen LogP contribution in [0.4, 0.5) is 10.5 Å². The van der Waals surface area contributed by atoms with Gasteiger partial charge in [-0.1, -0.05) is 0 Å². The number of carbonyl (C=O) groups excluding carboxylic acids is 2. The van der Waals surface area contributed by atoms with Gasteiger partial charge in [0.1, 0.15) is 0 Å². The Kier molecular flexibility index (Phi) is 5.97. The SMILES string of the molecule is CC(C)NC(=O)NC1CCN(c2ccc(C(=O)N3CC4CCC(CC4)C3)cc2)C1. The number of anilines is 1. The third-order valence-electron chi connectivity index (χ3n) is 6.63. The molecule has 0 aromatic heterocycles. The molecule has 1 unspecified atom stereocenters. The molecule has 29 heavy (non-hydrogen) atoms.